The summed E-state index contributed by atoms with van der Waals surface area (Å²) in [4.78, 5) is 0. The maximum atomic E-state index is 12.7. The number of amidine groups is 1. The Balaban J connectivity index is 2.33. The van der Waals surface area contributed by atoms with E-state index in [-0.39, 0.29) is 17.1 Å². The summed E-state index contributed by atoms with van der Waals surface area (Å²) in [5, 5.41) is 11.6. The molecule has 0 bridgehead atoms. The van der Waals surface area contributed by atoms with Gasteiger partial charge in [-0.2, -0.15) is 0 Å². The van der Waals surface area contributed by atoms with Crippen LogP contribution in [0.4, 0.5) is 4.39 Å². The van der Waals surface area contributed by atoms with Crippen LogP contribution >= 0.6 is 0 Å². The van der Waals surface area contributed by atoms with Gasteiger partial charge in [0.25, 0.3) is 0 Å². The number of rotatable bonds is 6. The van der Waals surface area contributed by atoms with E-state index in [1.54, 1.807) is 12.1 Å². The van der Waals surface area contributed by atoms with Crippen LogP contribution in [-0.2, 0) is 0 Å². The Hall–Kier alpha value is -1.78. The van der Waals surface area contributed by atoms with Crippen molar-refractivity contribution in [2.45, 2.75) is 26.7 Å². The second-order valence-corrected chi connectivity index (χ2v) is 4.78. The van der Waals surface area contributed by atoms with Gasteiger partial charge in [0.05, 0.1) is 6.61 Å². The molecule has 3 N–H and O–H groups in total. The summed E-state index contributed by atoms with van der Waals surface area (Å²) in [6.07, 6.45) is 1.50. The van der Waals surface area contributed by atoms with Crippen molar-refractivity contribution in [1.82, 2.24) is 0 Å². The highest BCUT2D eigenvalue weighted by Crippen LogP contribution is 2.22. The van der Waals surface area contributed by atoms with Gasteiger partial charge < -0.3 is 15.7 Å². The van der Waals surface area contributed by atoms with E-state index in [9.17, 15) is 4.39 Å². The molecule has 0 amide bonds. The van der Waals surface area contributed by atoms with Crippen molar-refractivity contribution in [3.05, 3.63) is 30.1 Å². The SMILES string of the molecule is CC(C)(CCCOc1ccc(F)cc1)C(N)=NO. The molecule has 18 heavy (non-hydrogen) atoms. The summed E-state index contributed by atoms with van der Waals surface area (Å²) in [6.45, 7) is 4.31. The van der Waals surface area contributed by atoms with Crippen molar-refractivity contribution in [3.8, 4) is 5.75 Å². The van der Waals surface area contributed by atoms with Crippen LogP contribution in [0, 0.1) is 11.2 Å². The first-order valence-electron chi connectivity index (χ1n) is 5.82. The first-order chi connectivity index (χ1) is 8.45. The molecule has 0 heterocycles. The summed E-state index contributed by atoms with van der Waals surface area (Å²) in [7, 11) is 0. The van der Waals surface area contributed by atoms with Crippen molar-refractivity contribution < 1.29 is 14.3 Å². The maximum absolute atomic E-state index is 12.7. The Kier molecular flexibility index (Phi) is 4.95. The zero-order valence-electron chi connectivity index (χ0n) is 10.7. The van der Waals surface area contributed by atoms with Crippen LogP contribution in [-0.4, -0.2) is 17.6 Å². The van der Waals surface area contributed by atoms with Gasteiger partial charge in [-0.1, -0.05) is 19.0 Å². The molecule has 0 spiro atoms. The van der Waals surface area contributed by atoms with Crippen molar-refractivity contribution in [3.63, 3.8) is 0 Å². The molecule has 0 saturated heterocycles. The number of nitrogens with zero attached hydrogens (tertiary/aromatic N) is 1. The minimum absolute atomic E-state index is 0.212. The molecule has 0 fully saturated rings. The van der Waals surface area contributed by atoms with E-state index in [1.165, 1.54) is 12.1 Å². The summed E-state index contributed by atoms with van der Waals surface area (Å²) in [5.74, 6) is 0.567. The molecule has 0 unspecified atom stereocenters. The van der Waals surface area contributed by atoms with Crippen LogP contribution in [0.15, 0.2) is 29.4 Å². The highest BCUT2D eigenvalue weighted by Gasteiger charge is 2.22. The average Bonchev–Trinajstić information content (AvgIpc) is 2.35. The Labute approximate surface area is 106 Å². The van der Waals surface area contributed by atoms with E-state index in [4.69, 9.17) is 15.7 Å². The topological polar surface area (TPSA) is 67.8 Å². The minimum atomic E-state index is -0.360. The van der Waals surface area contributed by atoms with Crippen LogP contribution in [0.5, 0.6) is 5.75 Å². The van der Waals surface area contributed by atoms with E-state index in [0.717, 1.165) is 12.8 Å². The second-order valence-electron chi connectivity index (χ2n) is 4.78. The van der Waals surface area contributed by atoms with Gasteiger partial charge in [0.1, 0.15) is 17.4 Å². The van der Waals surface area contributed by atoms with Crippen LogP contribution < -0.4 is 10.5 Å². The molecule has 4 nitrogen and oxygen atoms in total. The third-order valence-corrected chi connectivity index (χ3v) is 2.83. The highest BCUT2D eigenvalue weighted by molar-refractivity contribution is 5.85. The second kappa shape index (κ2) is 6.23. The van der Waals surface area contributed by atoms with Gasteiger partial charge in [-0.05, 0) is 37.1 Å². The number of ether oxygens (including phenoxy) is 1. The number of oxime groups is 1. The zero-order chi connectivity index (χ0) is 13.6. The monoisotopic (exact) mass is 254 g/mol. The lowest BCUT2D eigenvalue weighted by Crippen LogP contribution is -2.32. The van der Waals surface area contributed by atoms with E-state index in [1.807, 2.05) is 13.8 Å². The molecule has 0 aromatic heterocycles. The molecule has 100 valence electrons. The molecule has 0 atom stereocenters. The van der Waals surface area contributed by atoms with Crippen molar-refractivity contribution in [2.75, 3.05) is 6.61 Å². The summed E-state index contributed by atoms with van der Waals surface area (Å²) in [5.41, 5.74) is 5.22. The number of halogens is 1. The average molecular weight is 254 g/mol. The van der Waals surface area contributed by atoms with E-state index in [2.05, 4.69) is 5.16 Å². The van der Waals surface area contributed by atoms with E-state index < -0.39 is 0 Å². The van der Waals surface area contributed by atoms with Crippen LogP contribution in [0.25, 0.3) is 0 Å². The Bertz CT molecular complexity index is 402. The summed E-state index contributed by atoms with van der Waals surface area (Å²) < 4.78 is 18.1. The number of hydrogen-bond donors (Lipinski definition) is 2. The van der Waals surface area contributed by atoms with Gasteiger partial charge in [0, 0.05) is 5.41 Å². The fraction of sp³-hybridized carbons (Fsp3) is 0.462. The molecular weight excluding hydrogens is 235 g/mol. The first-order valence-corrected chi connectivity index (χ1v) is 5.82. The third kappa shape index (κ3) is 4.24. The quantitative estimate of drug-likeness (QED) is 0.270. The molecule has 5 heteroatoms. The van der Waals surface area contributed by atoms with Gasteiger partial charge in [-0.25, -0.2) is 4.39 Å². The predicted molar refractivity (Wildman–Crippen MR) is 68.3 cm³/mol. The first kappa shape index (κ1) is 14.3. The normalized spacial score (nSPS) is 12.5. The number of benzene rings is 1. The van der Waals surface area contributed by atoms with E-state index in [0.29, 0.717) is 12.4 Å². The van der Waals surface area contributed by atoms with Crippen molar-refractivity contribution >= 4 is 5.84 Å². The molecule has 1 aromatic carbocycles. The molecule has 0 aliphatic rings. The summed E-state index contributed by atoms with van der Waals surface area (Å²) in [6, 6.07) is 5.89. The van der Waals surface area contributed by atoms with Gasteiger partial charge in [-0.3, -0.25) is 0 Å². The standard InChI is InChI=1S/C13H19FN2O2/c1-13(2,12(15)16-17)8-3-9-18-11-6-4-10(14)5-7-11/h4-7,17H,3,8-9H2,1-2H3,(H2,15,16). The van der Waals surface area contributed by atoms with Gasteiger partial charge >= 0.3 is 0 Å². The molecule has 0 aliphatic heterocycles. The largest absolute Gasteiger partial charge is 0.494 e. The fourth-order valence-electron chi connectivity index (χ4n) is 1.50. The maximum Gasteiger partial charge on any atom is 0.144 e. The predicted octanol–water partition coefficient (Wildman–Crippen LogP) is 2.76. The molecular formula is C13H19FN2O2. The van der Waals surface area contributed by atoms with Crippen LogP contribution in [0.1, 0.15) is 26.7 Å². The fourth-order valence-corrected chi connectivity index (χ4v) is 1.50. The van der Waals surface area contributed by atoms with Gasteiger partial charge in [0.2, 0.25) is 0 Å². The lowest BCUT2D eigenvalue weighted by Gasteiger charge is -2.22. The molecule has 0 radical (unpaired) electrons. The number of hydrogen-bond acceptors (Lipinski definition) is 3. The van der Waals surface area contributed by atoms with E-state index >= 15 is 0 Å². The van der Waals surface area contributed by atoms with Crippen molar-refractivity contribution in [1.29, 1.82) is 0 Å². The Morgan fingerprint density at radius 2 is 2.00 bits per heavy atom. The molecule has 1 aromatic rings. The Morgan fingerprint density at radius 1 is 1.39 bits per heavy atom. The minimum Gasteiger partial charge on any atom is -0.494 e. The smallest absolute Gasteiger partial charge is 0.144 e. The van der Waals surface area contributed by atoms with Gasteiger partial charge in [0.15, 0.2) is 0 Å². The molecule has 1 rings (SSSR count). The zero-order valence-corrected chi connectivity index (χ0v) is 10.7. The lowest BCUT2D eigenvalue weighted by molar-refractivity contribution is 0.277. The van der Waals surface area contributed by atoms with Gasteiger partial charge in [-0.15, -0.1) is 0 Å². The van der Waals surface area contributed by atoms with Crippen molar-refractivity contribution in [2.24, 2.45) is 16.3 Å². The highest BCUT2D eigenvalue weighted by atomic mass is 19.1. The number of nitrogens with two attached hydrogens (primary N) is 1. The Morgan fingerprint density at radius 3 is 2.56 bits per heavy atom. The van der Waals surface area contributed by atoms with Crippen LogP contribution in [0.2, 0.25) is 0 Å². The summed E-state index contributed by atoms with van der Waals surface area (Å²) >= 11 is 0. The van der Waals surface area contributed by atoms with Crippen LogP contribution in [0.3, 0.4) is 0 Å². The lowest BCUT2D eigenvalue weighted by atomic mass is 9.87. The third-order valence-electron chi connectivity index (χ3n) is 2.83. The molecule has 0 aliphatic carbocycles. The molecule has 0 saturated carbocycles.